The van der Waals surface area contributed by atoms with Crippen molar-refractivity contribution in [1.29, 1.82) is 0 Å². The van der Waals surface area contributed by atoms with E-state index < -0.39 is 23.1 Å². The van der Waals surface area contributed by atoms with Crippen LogP contribution in [0.25, 0.3) is 0 Å². The van der Waals surface area contributed by atoms with Crippen LogP contribution < -0.4 is 0 Å². The second-order valence-electron chi connectivity index (χ2n) is 4.77. The molecule has 20 heavy (non-hydrogen) atoms. The molecule has 0 spiro atoms. The standard InChI is InChI=1S/C15H13F2NOS/c16-10-4-1-5-11(17)14(10)15(19)18-8-2-6-12(18)13-7-3-9-20-13/h1,3-5,7,9,12H,2,6,8H2. The Morgan fingerprint density at radius 3 is 2.60 bits per heavy atom. The number of likely N-dealkylation sites (tertiary alicyclic amines) is 1. The lowest BCUT2D eigenvalue weighted by Gasteiger charge is -2.24. The van der Waals surface area contributed by atoms with Gasteiger partial charge in [0.15, 0.2) is 0 Å². The van der Waals surface area contributed by atoms with E-state index in [2.05, 4.69) is 0 Å². The van der Waals surface area contributed by atoms with Crippen LogP contribution in [0.3, 0.4) is 0 Å². The van der Waals surface area contributed by atoms with Gasteiger partial charge in [-0.25, -0.2) is 8.78 Å². The fourth-order valence-electron chi connectivity index (χ4n) is 2.63. The highest BCUT2D eigenvalue weighted by Crippen LogP contribution is 2.35. The van der Waals surface area contributed by atoms with E-state index in [4.69, 9.17) is 0 Å². The fourth-order valence-corrected chi connectivity index (χ4v) is 3.51. The Morgan fingerprint density at radius 1 is 1.20 bits per heavy atom. The molecule has 0 saturated carbocycles. The number of halogens is 2. The molecule has 1 aliphatic heterocycles. The zero-order valence-electron chi connectivity index (χ0n) is 10.7. The van der Waals surface area contributed by atoms with Gasteiger partial charge in [-0.15, -0.1) is 11.3 Å². The van der Waals surface area contributed by atoms with E-state index >= 15 is 0 Å². The van der Waals surface area contributed by atoms with Crippen molar-refractivity contribution in [3.8, 4) is 0 Å². The van der Waals surface area contributed by atoms with Gasteiger partial charge < -0.3 is 4.90 Å². The highest BCUT2D eigenvalue weighted by molar-refractivity contribution is 7.10. The second-order valence-corrected chi connectivity index (χ2v) is 5.75. The van der Waals surface area contributed by atoms with Gasteiger partial charge in [-0.3, -0.25) is 4.79 Å². The first-order valence-electron chi connectivity index (χ1n) is 6.47. The number of amides is 1. The maximum Gasteiger partial charge on any atom is 0.260 e. The Hall–Kier alpha value is -1.75. The van der Waals surface area contributed by atoms with Gasteiger partial charge in [0.2, 0.25) is 0 Å². The quantitative estimate of drug-likeness (QED) is 0.819. The van der Waals surface area contributed by atoms with E-state index in [1.54, 1.807) is 16.2 Å². The fraction of sp³-hybridized carbons (Fsp3) is 0.267. The van der Waals surface area contributed by atoms with Crippen LogP contribution in [0.2, 0.25) is 0 Å². The first kappa shape index (κ1) is 13.2. The molecule has 0 N–H and O–H groups in total. The summed E-state index contributed by atoms with van der Waals surface area (Å²) in [5.41, 5.74) is -0.448. The maximum absolute atomic E-state index is 13.7. The van der Waals surface area contributed by atoms with Gasteiger partial charge in [0.05, 0.1) is 6.04 Å². The summed E-state index contributed by atoms with van der Waals surface area (Å²) in [4.78, 5) is 15.1. The molecular formula is C15H13F2NOS. The topological polar surface area (TPSA) is 20.3 Å². The van der Waals surface area contributed by atoms with Gasteiger partial charge in [-0.05, 0) is 36.4 Å². The van der Waals surface area contributed by atoms with Gasteiger partial charge in [-0.1, -0.05) is 12.1 Å². The van der Waals surface area contributed by atoms with Gasteiger partial charge in [0.25, 0.3) is 5.91 Å². The van der Waals surface area contributed by atoms with Crippen LogP contribution in [-0.4, -0.2) is 17.4 Å². The van der Waals surface area contributed by atoms with E-state index in [-0.39, 0.29) is 6.04 Å². The lowest BCUT2D eigenvalue weighted by molar-refractivity contribution is 0.0728. The molecule has 0 aliphatic carbocycles. The number of hydrogen-bond donors (Lipinski definition) is 0. The minimum atomic E-state index is -0.799. The third-order valence-electron chi connectivity index (χ3n) is 3.56. The molecule has 2 nitrogen and oxygen atoms in total. The normalized spacial score (nSPS) is 18.5. The van der Waals surface area contributed by atoms with Crippen LogP contribution in [0.4, 0.5) is 8.78 Å². The van der Waals surface area contributed by atoms with Gasteiger partial charge in [0, 0.05) is 11.4 Å². The van der Waals surface area contributed by atoms with E-state index in [1.165, 1.54) is 6.07 Å². The van der Waals surface area contributed by atoms with Crippen molar-refractivity contribution >= 4 is 17.2 Å². The van der Waals surface area contributed by atoms with Crippen molar-refractivity contribution in [2.45, 2.75) is 18.9 Å². The number of benzene rings is 1. The summed E-state index contributed by atoms with van der Waals surface area (Å²) in [6.07, 6.45) is 1.69. The average Bonchev–Trinajstić information content (AvgIpc) is 3.09. The summed E-state index contributed by atoms with van der Waals surface area (Å²) < 4.78 is 27.5. The van der Waals surface area contributed by atoms with Gasteiger partial charge in [-0.2, -0.15) is 0 Å². The zero-order valence-corrected chi connectivity index (χ0v) is 11.5. The Labute approximate surface area is 119 Å². The molecular weight excluding hydrogens is 280 g/mol. The van der Waals surface area contributed by atoms with Crippen LogP contribution in [0.5, 0.6) is 0 Å². The third-order valence-corrected chi connectivity index (χ3v) is 4.54. The third kappa shape index (κ3) is 2.22. The SMILES string of the molecule is O=C(c1c(F)cccc1F)N1CCCC1c1cccs1. The number of hydrogen-bond acceptors (Lipinski definition) is 2. The lowest BCUT2D eigenvalue weighted by atomic mass is 10.1. The molecule has 1 aromatic carbocycles. The summed E-state index contributed by atoms with van der Waals surface area (Å²) >= 11 is 1.56. The molecule has 3 rings (SSSR count). The van der Waals surface area contributed by atoms with Crippen LogP contribution >= 0.6 is 11.3 Å². The number of carbonyl (C=O) groups is 1. The smallest absolute Gasteiger partial charge is 0.260 e. The van der Waals surface area contributed by atoms with Crippen molar-refractivity contribution in [3.63, 3.8) is 0 Å². The highest BCUT2D eigenvalue weighted by Gasteiger charge is 2.33. The molecule has 0 radical (unpaired) electrons. The number of nitrogens with zero attached hydrogens (tertiary/aromatic N) is 1. The van der Waals surface area contributed by atoms with Crippen LogP contribution in [-0.2, 0) is 0 Å². The first-order valence-corrected chi connectivity index (χ1v) is 7.35. The molecule has 2 heterocycles. The summed E-state index contributed by atoms with van der Waals surface area (Å²) in [5.74, 6) is -2.16. The average molecular weight is 293 g/mol. The van der Waals surface area contributed by atoms with Crippen molar-refractivity contribution in [1.82, 2.24) is 4.90 Å². The molecule has 1 amide bonds. The molecule has 1 atom stereocenters. The Balaban J connectivity index is 1.94. The highest BCUT2D eigenvalue weighted by atomic mass is 32.1. The van der Waals surface area contributed by atoms with E-state index in [0.717, 1.165) is 29.9 Å². The van der Waals surface area contributed by atoms with Crippen molar-refractivity contribution < 1.29 is 13.6 Å². The summed E-state index contributed by atoms with van der Waals surface area (Å²) in [7, 11) is 0. The Morgan fingerprint density at radius 2 is 1.95 bits per heavy atom. The predicted molar refractivity (Wildman–Crippen MR) is 73.7 cm³/mol. The van der Waals surface area contributed by atoms with E-state index in [0.29, 0.717) is 6.54 Å². The monoisotopic (exact) mass is 293 g/mol. The molecule has 1 fully saturated rings. The second kappa shape index (κ2) is 5.32. The number of rotatable bonds is 2. The number of thiophene rings is 1. The van der Waals surface area contributed by atoms with Crippen molar-refractivity contribution in [2.24, 2.45) is 0 Å². The molecule has 1 saturated heterocycles. The Kier molecular flexibility index (Phi) is 3.53. The summed E-state index contributed by atoms with van der Waals surface area (Å²) in [5, 5.41) is 1.94. The summed E-state index contributed by atoms with van der Waals surface area (Å²) in [6, 6.07) is 7.31. The first-order chi connectivity index (χ1) is 9.68. The lowest BCUT2D eigenvalue weighted by Crippen LogP contribution is -2.31. The van der Waals surface area contributed by atoms with E-state index in [9.17, 15) is 13.6 Å². The molecule has 1 unspecified atom stereocenters. The van der Waals surface area contributed by atoms with Crippen molar-refractivity contribution in [3.05, 3.63) is 57.8 Å². The minimum Gasteiger partial charge on any atom is -0.331 e. The van der Waals surface area contributed by atoms with Crippen molar-refractivity contribution in [2.75, 3.05) is 6.54 Å². The zero-order chi connectivity index (χ0) is 14.1. The molecule has 5 heteroatoms. The molecule has 2 aromatic rings. The molecule has 0 bridgehead atoms. The van der Waals surface area contributed by atoms with Crippen LogP contribution in [0.1, 0.15) is 34.1 Å². The van der Waals surface area contributed by atoms with Crippen LogP contribution in [0.15, 0.2) is 35.7 Å². The van der Waals surface area contributed by atoms with Gasteiger partial charge >= 0.3 is 0 Å². The van der Waals surface area contributed by atoms with Gasteiger partial charge in [0.1, 0.15) is 17.2 Å². The molecule has 1 aliphatic rings. The van der Waals surface area contributed by atoms with E-state index in [1.807, 2.05) is 17.5 Å². The predicted octanol–water partition coefficient (Wildman–Crippen LogP) is 4.00. The molecule has 1 aromatic heterocycles. The van der Waals surface area contributed by atoms with Crippen LogP contribution in [0, 0.1) is 11.6 Å². The minimum absolute atomic E-state index is 0.0680. The molecule has 104 valence electrons. The largest absolute Gasteiger partial charge is 0.331 e. The summed E-state index contributed by atoms with van der Waals surface area (Å²) in [6.45, 7) is 0.537. The Bertz CT molecular complexity index is 607. The maximum atomic E-state index is 13.7. The number of carbonyl (C=O) groups excluding carboxylic acids is 1.